The fourth-order valence-corrected chi connectivity index (χ4v) is 2.73. The second-order valence-electron chi connectivity index (χ2n) is 5.84. The average molecular weight is 254 g/mol. The number of aliphatic hydroxyl groups is 1. The van der Waals surface area contributed by atoms with E-state index in [2.05, 4.69) is 27.4 Å². The van der Waals surface area contributed by atoms with Crippen LogP contribution in [0.2, 0.25) is 0 Å². The molecule has 0 radical (unpaired) electrons. The summed E-state index contributed by atoms with van der Waals surface area (Å²) in [6.07, 6.45) is 3.91. The third kappa shape index (κ3) is 4.13. The molecule has 1 aliphatic rings. The Morgan fingerprint density at radius 1 is 1.50 bits per heavy atom. The molecule has 18 heavy (non-hydrogen) atoms. The van der Waals surface area contributed by atoms with Gasteiger partial charge in [-0.05, 0) is 30.6 Å². The summed E-state index contributed by atoms with van der Waals surface area (Å²) in [5.41, 5.74) is 0. The number of esters is 1. The molecular weight excluding hydrogens is 228 g/mol. The van der Waals surface area contributed by atoms with Gasteiger partial charge in [0.2, 0.25) is 0 Å². The van der Waals surface area contributed by atoms with Crippen molar-refractivity contribution in [3.63, 3.8) is 0 Å². The van der Waals surface area contributed by atoms with Crippen LogP contribution in [0.1, 0.15) is 46.5 Å². The Morgan fingerprint density at radius 3 is 2.72 bits per heavy atom. The van der Waals surface area contributed by atoms with Crippen molar-refractivity contribution in [2.24, 2.45) is 17.8 Å². The van der Waals surface area contributed by atoms with Crippen molar-refractivity contribution >= 4 is 5.97 Å². The van der Waals surface area contributed by atoms with Gasteiger partial charge in [-0.2, -0.15) is 0 Å². The van der Waals surface area contributed by atoms with Gasteiger partial charge in [0.15, 0.2) is 6.10 Å². The standard InChI is InChI=1S/C15H26O3/c1-5-6-13(16)15(17)18-14-9-11(4)7-8-12(14)10(2)3/h5,10-14,16H,1,6-9H2,2-4H3/t11-,12+,13?,14-/m1/s1. The quantitative estimate of drug-likeness (QED) is 0.606. The molecule has 1 unspecified atom stereocenters. The van der Waals surface area contributed by atoms with Gasteiger partial charge in [0.05, 0.1) is 0 Å². The molecule has 0 heterocycles. The highest BCUT2D eigenvalue weighted by atomic mass is 16.6. The molecule has 104 valence electrons. The van der Waals surface area contributed by atoms with E-state index >= 15 is 0 Å². The first-order valence-electron chi connectivity index (χ1n) is 6.95. The topological polar surface area (TPSA) is 46.5 Å². The van der Waals surface area contributed by atoms with Gasteiger partial charge in [0.25, 0.3) is 0 Å². The minimum Gasteiger partial charge on any atom is -0.460 e. The van der Waals surface area contributed by atoms with E-state index < -0.39 is 12.1 Å². The van der Waals surface area contributed by atoms with Gasteiger partial charge in [-0.25, -0.2) is 4.79 Å². The van der Waals surface area contributed by atoms with E-state index in [0.29, 0.717) is 17.8 Å². The van der Waals surface area contributed by atoms with E-state index in [1.807, 2.05) is 0 Å². The lowest BCUT2D eigenvalue weighted by Gasteiger charge is -2.37. The number of carbonyl (C=O) groups is 1. The molecule has 1 N–H and O–H groups in total. The smallest absolute Gasteiger partial charge is 0.335 e. The second-order valence-corrected chi connectivity index (χ2v) is 5.84. The minimum absolute atomic E-state index is 0.0410. The van der Waals surface area contributed by atoms with Gasteiger partial charge < -0.3 is 9.84 Å². The lowest BCUT2D eigenvalue weighted by atomic mass is 9.75. The van der Waals surface area contributed by atoms with E-state index in [1.165, 1.54) is 12.5 Å². The maximum atomic E-state index is 11.8. The Hall–Kier alpha value is -0.830. The number of aliphatic hydroxyl groups excluding tert-OH is 1. The third-order valence-electron chi connectivity index (χ3n) is 3.89. The van der Waals surface area contributed by atoms with Crippen LogP contribution in [0.4, 0.5) is 0 Å². The Kier molecular flexibility index (Phi) is 5.86. The Labute approximate surface area is 110 Å². The molecule has 4 atom stereocenters. The molecule has 0 spiro atoms. The van der Waals surface area contributed by atoms with Crippen molar-refractivity contribution in [2.45, 2.75) is 58.7 Å². The average Bonchev–Trinajstić information content (AvgIpc) is 2.28. The molecule has 1 saturated carbocycles. The number of carbonyl (C=O) groups excluding carboxylic acids is 1. The normalized spacial score (nSPS) is 29.9. The van der Waals surface area contributed by atoms with Crippen molar-refractivity contribution in [1.82, 2.24) is 0 Å². The molecule has 1 rings (SSSR count). The van der Waals surface area contributed by atoms with Gasteiger partial charge in [0.1, 0.15) is 6.10 Å². The summed E-state index contributed by atoms with van der Waals surface area (Å²) >= 11 is 0. The van der Waals surface area contributed by atoms with Crippen LogP contribution in [-0.2, 0) is 9.53 Å². The highest BCUT2D eigenvalue weighted by Gasteiger charge is 2.34. The maximum Gasteiger partial charge on any atom is 0.335 e. The molecule has 1 fully saturated rings. The van der Waals surface area contributed by atoms with Gasteiger partial charge in [-0.15, -0.1) is 6.58 Å². The van der Waals surface area contributed by atoms with Gasteiger partial charge in [-0.1, -0.05) is 33.3 Å². The first-order valence-corrected chi connectivity index (χ1v) is 6.95. The second kappa shape index (κ2) is 6.93. The van der Waals surface area contributed by atoms with Crippen molar-refractivity contribution < 1.29 is 14.6 Å². The van der Waals surface area contributed by atoms with Crippen LogP contribution in [0.5, 0.6) is 0 Å². The SMILES string of the molecule is C=CCC(O)C(=O)O[C@@H]1C[C@H](C)CC[C@H]1C(C)C. The first-order chi connectivity index (χ1) is 8.45. The Morgan fingerprint density at radius 2 is 2.17 bits per heavy atom. The van der Waals surface area contributed by atoms with Crippen LogP contribution in [-0.4, -0.2) is 23.3 Å². The van der Waals surface area contributed by atoms with Gasteiger partial charge >= 0.3 is 5.97 Å². The van der Waals surface area contributed by atoms with Gasteiger partial charge in [0, 0.05) is 6.42 Å². The van der Waals surface area contributed by atoms with Crippen LogP contribution < -0.4 is 0 Å². The van der Waals surface area contributed by atoms with Crippen LogP contribution in [0.15, 0.2) is 12.7 Å². The monoisotopic (exact) mass is 254 g/mol. The number of ether oxygens (including phenoxy) is 1. The molecule has 0 aliphatic heterocycles. The van der Waals surface area contributed by atoms with E-state index in [0.717, 1.165) is 12.8 Å². The van der Waals surface area contributed by atoms with E-state index in [4.69, 9.17) is 4.74 Å². The largest absolute Gasteiger partial charge is 0.460 e. The van der Waals surface area contributed by atoms with Gasteiger partial charge in [-0.3, -0.25) is 0 Å². The third-order valence-corrected chi connectivity index (χ3v) is 3.89. The molecular formula is C15H26O3. The summed E-state index contributed by atoms with van der Waals surface area (Å²) in [5, 5.41) is 9.59. The lowest BCUT2D eigenvalue weighted by molar-refractivity contribution is -0.165. The molecule has 1 aliphatic carbocycles. The zero-order valence-corrected chi connectivity index (χ0v) is 11.8. The summed E-state index contributed by atoms with van der Waals surface area (Å²) in [4.78, 5) is 11.8. The van der Waals surface area contributed by atoms with E-state index in [-0.39, 0.29) is 12.5 Å². The molecule has 3 nitrogen and oxygen atoms in total. The zero-order valence-electron chi connectivity index (χ0n) is 11.8. The summed E-state index contributed by atoms with van der Waals surface area (Å²) < 4.78 is 5.51. The summed E-state index contributed by atoms with van der Waals surface area (Å²) in [6, 6.07) is 0. The first kappa shape index (κ1) is 15.2. The highest BCUT2D eigenvalue weighted by Crippen LogP contribution is 2.35. The predicted octanol–water partition coefficient (Wildman–Crippen LogP) is 2.93. The fourth-order valence-electron chi connectivity index (χ4n) is 2.73. The summed E-state index contributed by atoms with van der Waals surface area (Å²) in [7, 11) is 0. The summed E-state index contributed by atoms with van der Waals surface area (Å²) in [6.45, 7) is 10.0. The van der Waals surface area contributed by atoms with Crippen LogP contribution >= 0.6 is 0 Å². The Balaban J connectivity index is 2.60. The Bertz CT molecular complexity index is 285. The van der Waals surface area contributed by atoms with Crippen LogP contribution in [0.3, 0.4) is 0 Å². The molecule has 0 aromatic rings. The molecule has 0 amide bonds. The maximum absolute atomic E-state index is 11.8. The van der Waals surface area contributed by atoms with Crippen molar-refractivity contribution in [3.05, 3.63) is 12.7 Å². The van der Waals surface area contributed by atoms with E-state index in [1.54, 1.807) is 0 Å². The number of hydrogen-bond donors (Lipinski definition) is 1. The molecule has 0 aromatic carbocycles. The van der Waals surface area contributed by atoms with Crippen LogP contribution in [0.25, 0.3) is 0 Å². The highest BCUT2D eigenvalue weighted by molar-refractivity contribution is 5.74. The predicted molar refractivity (Wildman–Crippen MR) is 72.0 cm³/mol. The molecule has 0 bridgehead atoms. The molecule has 0 saturated heterocycles. The fraction of sp³-hybridized carbons (Fsp3) is 0.800. The molecule has 3 heteroatoms. The van der Waals surface area contributed by atoms with Crippen molar-refractivity contribution in [2.75, 3.05) is 0 Å². The van der Waals surface area contributed by atoms with Crippen molar-refractivity contribution in [1.29, 1.82) is 0 Å². The number of hydrogen-bond acceptors (Lipinski definition) is 3. The minimum atomic E-state index is -1.06. The summed E-state index contributed by atoms with van der Waals surface area (Å²) in [5.74, 6) is 1.02. The van der Waals surface area contributed by atoms with Crippen LogP contribution in [0, 0.1) is 17.8 Å². The number of rotatable bonds is 5. The lowest BCUT2D eigenvalue weighted by Crippen LogP contribution is -2.38. The molecule has 0 aromatic heterocycles. The zero-order chi connectivity index (χ0) is 13.7. The van der Waals surface area contributed by atoms with E-state index in [9.17, 15) is 9.90 Å². The van der Waals surface area contributed by atoms with Crippen molar-refractivity contribution in [3.8, 4) is 0 Å².